The van der Waals surface area contributed by atoms with Crippen LogP contribution >= 0.6 is 0 Å². The largest absolute Gasteiger partial charge is 0.493 e. The van der Waals surface area contributed by atoms with Crippen LogP contribution < -0.4 is 10.1 Å². The Labute approximate surface area is 209 Å². The second-order valence-electron chi connectivity index (χ2n) is 10.1. The van der Waals surface area contributed by atoms with E-state index in [9.17, 15) is 9.90 Å². The molecule has 4 heterocycles. The number of anilines is 1. The van der Waals surface area contributed by atoms with Crippen LogP contribution in [0.15, 0.2) is 36.7 Å². The molecule has 2 N–H and O–H groups in total. The highest BCUT2D eigenvalue weighted by atomic mass is 16.7. The Kier molecular flexibility index (Phi) is 6.50. The Morgan fingerprint density at radius 1 is 1.06 bits per heavy atom. The summed E-state index contributed by atoms with van der Waals surface area (Å²) in [4.78, 5) is 16.2. The van der Waals surface area contributed by atoms with Crippen molar-refractivity contribution in [3.05, 3.63) is 36.7 Å². The summed E-state index contributed by atoms with van der Waals surface area (Å²) in [6.07, 6.45) is 12.5. The molecule has 3 aliphatic rings. The summed E-state index contributed by atoms with van der Waals surface area (Å²) in [5, 5.41) is 17.5. The molecule has 36 heavy (non-hydrogen) atoms. The van der Waals surface area contributed by atoms with Crippen molar-refractivity contribution in [1.82, 2.24) is 14.6 Å². The van der Waals surface area contributed by atoms with E-state index in [4.69, 9.17) is 14.2 Å². The zero-order chi connectivity index (χ0) is 24.5. The molecule has 1 atom stereocenters. The first-order chi connectivity index (χ1) is 17.6. The lowest BCUT2D eigenvalue weighted by molar-refractivity contribution is -0.195. The van der Waals surface area contributed by atoms with Gasteiger partial charge >= 0.3 is 0 Å². The molecule has 2 saturated carbocycles. The Morgan fingerprint density at radius 2 is 1.89 bits per heavy atom. The first-order valence-corrected chi connectivity index (χ1v) is 13.0. The van der Waals surface area contributed by atoms with Crippen LogP contribution in [0.1, 0.15) is 57.8 Å². The van der Waals surface area contributed by atoms with Crippen molar-refractivity contribution in [2.45, 2.75) is 76.3 Å². The van der Waals surface area contributed by atoms with Crippen molar-refractivity contribution >= 4 is 17.2 Å². The lowest BCUT2D eigenvalue weighted by Gasteiger charge is -2.33. The number of carbonyl (C=O) groups excluding carboxylic acids is 1. The number of carbonyl (C=O) groups is 1. The average molecular weight is 493 g/mol. The number of hydrogen-bond donors (Lipinski definition) is 2. The van der Waals surface area contributed by atoms with Gasteiger partial charge in [0.15, 0.2) is 12.1 Å². The quantitative estimate of drug-likeness (QED) is 0.493. The monoisotopic (exact) mass is 492 g/mol. The predicted molar refractivity (Wildman–Crippen MR) is 133 cm³/mol. The molecule has 6 rings (SSSR count). The zero-order valence-corrected chi connectivity index (χ0v) is 20.3. The van der Waals surface area contributed by atoms with Gasteiger partial charge in [-0.15, -0.1) is 0 Å². The maximum absolute atomic E-state index is 12.1. The molecule has 0 spiro atoms. The third-order valence-corrected chi connectivity index (χ3v) is 7.22. The molecular weight excluding hydrogens is 460 g/mol. The molecule has 0 bridgehead atoms. The van der Waals surface area contributed by atoms with Crippen LogP contribution in [0.25, 0.3) is 16.6 Å². The Morgan fingerprint density at radius 3 is 2.67 bits per heavy atom. The fourth-order valence-electron chi connectivity index (χ4n) is 5.05. The Bertz CT molecular complexity index is 1230. The number of aromatic hydroxyl groups is 1. The van der Waals surface area contributed by atoms with Gasteiger partial charge in [-0.05, 0) is 75.5 Å². The van der Waals surface area contributed by atoms with Crippen LogP contribution in [-0.4, -0.2) is 50.7 Å². The lowest BCUT2D eigenvalue weighted by Crippen LogP contribution is -2.33. The molecule has 1 amide bonds. The van der Waals surface area contributed by atoms with Crippen molar-refractivity contribution in [2.24, 2.45) is 5.92 Å². The van der Waals surface area contributed by atoms with Crippen molar-refractivity contribution in [3.63, 3.8) is 0 Å². The highest BCUT2D eigenvalue weighted by molar-refractivity contribution is 5.93. The molecule has 2 aliphatic carbocycles. The second kappa shape index (κ2) is 10.1. The molecule has 3 aromatic heterocycles. The molecule has 1 aliphatic heterocycles. The minimum Gasteiger partial charge on any atom is -0.493 e. The van der Waals surface area contributed by atoms with Gasteiger partial charge in [0, 0.05) is 36.4 Å². The summed E-state index contributed by atoms with van der Waals surface area (Å²) in [6.45, 7) is 0.793. The topological polar surface area (TPSA) is 107 Å². The third-order valence-electron chi connectivity index (χ3n) is 7.22. The summed E-state index contributed by atoms with van der Waals surface area (Å²) in [5.41, 5.74) is 2.48. The summed E-state index contributed by atoms with van der Waals surface area (Å²) in [7, 11) is 0. The Hall–Kier alpha value is -3.17. The molecule has 3 fully saturated rings. The number of ether oxygens (including phenoxy) is 3. The second-order valence-corrected chi connectivity index (χ2v) is 10.1. The number of rotatable bonds is 7. The van der Waals surface area contributed by atoms with Gasteiger partial charge in [-0.1, -0.05) is 0 Å². The van der Waals surface area contributed by atoms with E-state index in [1.807, 2.05) is 24.4 Å². The van der Waals surface area contributed by atoms with Crippen LogP contribution in [0.3, 0.4) is 0 Å². The standard InChI is InChI=1S/C27H32N4O5/c32-25-15-22(18-10-11-31-19(13-18)14-24(30-31)29-27(33)17-4-5-17)23(16-28-25)35-20-6-8-21(9-7-20)36-26-3-1-2-12-34-26/h10-11,13-17,20-21,26H,1-9,12H2,(H,28,32)(H,29,30,33). The number of nitrogens with zero attached hydrogens (tertiary/aromatic N) is 3. The van der Waals surface area contributed by atoms with E-state index < -0.39 is 0 Å². The summed E-state index contributed by atoms with van der Waals surface area (Å²) in [5.74, 6) is 1.26. The minimum atomic E-state index is -0.0623. The van der Waals surface area contributed by atoms with Crippen LogP contribution in [0, 0.1) is 5.92 Å². The number of pyridine rings is 2. The summed E-state index contributed by atoms with van der Waals surface area (Å²) >= 11 is 0. The van der Waals surface area contributed by atoms with Gasteiger partial charge < -0.3 is 24.6 Å². The molecule has 9 heteroatoms. The molecule has 0 radical (unpaired) electrons. The van der Waals surface area contributed by atoms with Gasteiger partial charge in [0.1, 0.15) is 5.75 Å². The first kappa shape index (κ1) is 23.2. The van der Waals surface area contributed by atoms with E-state index in [1.54, 1.807) is 16.8 Å². The predicted octanol–water partition coefficient (Wildman–Crippen LogP) is 4.68. The molecule has 1 saturated heterocycles. The van der Waals surface area contributed by atoms with E-state index in [1.165, 1.54) is 6.42 Å². The fourth-order valence-corrected chi connectivity index (χ4v) is 5.05. The normalized spacial score (nSPS) is 24.5. The summed E-state index contributed by atoms with van der Waals surface area (Å²) < 4.78 is 20.0. The number of aromatic nitrogens is 3. The van der Waals surface area contributed by atoms with Crippen LogP contribution in [0.4, 0.5) is 5.82 Å². The van der Waals surface area contributed by atoms with E-state index in [-0.39, 0.29) is 36.2 Å². The average Bonchev–Trinajstić information content (AvgIpc) is 3.67. The highest BCUT2D eigenvalue weighted by Crippen LogP contribution is 2.36. The molecule has 1 unspecified atom stereocenters. The number of amides is 1. The van der Waals surface area contributed by atoms with Crippen LogP contribution in [-0.2, 0) is 14.3 Å². The van der Waals surface area contributed by atoms with Gasteiger partial charge in [0.05, 0.1) is 23.9 Å². The molecule has 9 nitrogen and oxygen atoms in total. The first-order valence-electron chi connectivity index (χ1n) is 13.0. The van der Waals surface area contributed by atoms with Gasteiger partial charge in [-0.3, -0.25) is 4.79 Å². The zero-order valence-electron chi connectivity index (χ0n) is 20.3. The smallest absolute Gasteiger partial charge is 0.228 e. The maximum atomic E-state index is 12.1. The van der Waals surface area contributed by atoms with Crippen molar-refractivity contribution in [1.29, 1.82) is 0 Å². The van der Waals surface area contributed by atoms with Crippen molar-refractivity contribution < 1.29 is 24.1 Å². The number of hydrogen-bond acceptors (Lipinski definition) is 7. The SMILES string of the molecule is O=C(Nc1cc2cc(-c3cc(O)ncc3OC3CCC(OC4CCCCO4)CC3)ccn2n1)C1CC1. The minimum absolute atomic E-state index is 0.0276. The van der Waals surface area contributed by atoms with Gasteiger partial charge in [0.25, 0.3) is 0 Å². The molecule has 190 valence electrons. The third kappa shape index (κ3) is 5.32. The van der Waals surface area contributed by atoms with Crippen molar-refractivity contribution in [2.75, 3.05) is 11.9 Å². The maximum Gasteiger partial charge on any atom is 0.228 e. The molecule has 3 aromatic rings. The van der Waals surface area contributed by atoms with Gasteiger partial charge in [0.2, 0.25) is 11.8 Å². The van der Waals surface area contributed by atoms with Crippen LogP contribution in [0.5, 0.6) is 11.6 Å². The highest BCUT2D eigenvalue weighted by Gasteiger charge is 2.30. The molecular formula is C27H32N4O5. The Balaban J connectivity index is 1.14. The van der Waals surface area contributed by atoms with E-state index in [0.717, 1.165) is 74.6 Å². The van der Waals surface area contributed by atoms with Crippen molar-refractivity contribution in [3.8, 4) is 22.8 Å². The van der Waals surface area contributed by atoms with Gasteiger partial charge in [-0.25, -0.2) is 9.50 Å². The van der Waals surface area contributed by atoms with Gasteiger partial charge in [-0.2, -0.15) is 5.10 Å². The fraction of sp³-hybridized carbons (Fsp3) is 0.519. The molecule has 0 aromatic carbocycles. The summed E-state index contributed by atoms with van der Waals surface area (Å²) in [6, 6.07) is 7.37. The van der Waals surface area contributed by atoms with E-state index >= 15 is 0 Å². The van der Waals surface area contributed by atoms with E-state index in [2.05, 4.69) is 15.4 Å². The number of nitrogens with one attached hydrogen (secondary N) is 1. The number of fused-ring (bicyclic) bond motifs is 1. The van der Waals surface area contributed by atoms with Crippen LogP contribution in [0.2, 0.25) is 0 Å². The lowest BCUT2D eigenvalue weighted by atomic mass is 9.94. The van der Waals surface area contributed by atoms with E-state index in [0.29, 0.717) is 11.6 Å².